The van der Waals surface area contributed by atoms with E-state index in [4.69, 9.17) is 4.74 Å². The standard InChI is InChI=1S/C24H28N4O3/c1-4-15-31-22-11-7-20(8-12-22)23(29)13-14-24(30)27(3)18(2)19-5-9-21(10-6-19)28-17-25-16-26-28/h5-12,16-18H,4,13-15H2,1-3H3/t18-/m1/s1. The molecule has 2 aromatic carbocycles. The molecule has 7 heteroatoms. The van der Waals surface area contributed by atoms with Crippen LogP contribution in [0.5, 0.6) is 5.75 Å². The van der Waals surface area contributed by atoms with Gasteiger partial charge in [-0.05, 0) is 55.3 Å². The van der Waals surface area contributed by atoms with E-state index in [0.29, 0.717) is 12.2 Å². The summed E-state index contributed by atoms with van der Waals surface area (Å²) in [6, 6.07) is 14.8. The Morgan fingerprint density at radius 3 is 2.39 bits per heavy atom. The van der Waals surface area contributed by atoms with Crippen molar-refractivity contribution in [3.05, 3.63) is 72.3 Å². The molecule has 0 aliphatic rings. The molecule has 3 rings (SSSR count). The number of ketones is 1. The van der Waals surface area contributed by atoms with Crippen molar-refractivity contribution in [1.82, 2.24) is 19.7 Å². The SMILES string of the molecule is CCCOc1ccc(C(=O)CCC(=O)N(C)[C@H](C)c2ccc(-n3cncn3)cc2)cc1. The molecule has 162 valence electrons. The third-order valence-electron chi connectivity index (χ3n) is 5.25. The van der Waals surface area contributed by atoms with Crippen LogP contribution in [0.25, 0.3) is 5.69 Å². The average Bonchev–Trinajstić information content (AvgIpc) is 3.35. The van der Waals surface area contributed by atoms with Gasteiger partial charge >= 0.3 is 0 Å². The molecule has 31 heavy (non-hydrogen) atoms. The third-order valence-corrected chi connectivity index (χ3v) is 5.25. The van der Waals surface area contributed by atoms with Gasteiger partial charge in [-0.2, -0.15) is 5.10 Å². The van der Waals surface area contributed by atoms with E-state index >= 15 is 0 Å². The number of carbonyl (C=O) groups is 2. The van der Waals surface area contributed by atoms with Gasteiger partial charge in [0.1, 0.15) is 18.4 Å². The highest BCUT2D eigenvalue weighted by Crippen LogP contribution is 2.22. The number of nitrogens with zero attached hydrogens (tertiary/aromatic N) is 4. The van der Waals surface area contributed by atoms with Crippen molar-refractivity contribution in [2.75, 3.05) is 13.7 Å². The van der Waals surface area contributed by atoms with Crippen molar-refractivity contribution in [2.24, 2.45) is 0 Å². The van der Waals surface area contributed by atoms with Gasteiger partial charge in [-0.1, -0.05) is 19.1 Å². The second-order valence-electron chi connectivity index (χ2n) is 7.41. The average molecular weight is 421 g/mol. The molecule has 0 aliphatic carbocycles. The molecule has 0 bridgehead atoms. The monoisotopic (exact) mass is 420 g/mol. The van der Waals surface area contributed by atoms with E-state index in [1.165, 1.54) is 6.33 Å². The molecule has 0 N–H and O–H groups in total. The van der Waals surface area contributed by atoms with Crippen LogP contribution in [0.1, 0.15) is 55.1 Å². The number of hydrogen-bond donors (Lipinski definition) is 0. The van der Waals surface area contributed by atoms with Gasteiger partial charge < -0.3 is 9.64 Å². The maximum Gasteiger partial charge on any atom is 0.223 e. The lowest BCUT2D eigenvalue weighted by atomic mass is 10.0. The number of amides is 1. The van der Waals surface area contributed by atoms with Crippen LogP contribution in [0.3, 0.4) is 0 Å². The summed E-state index contributed by atoms with van der Waals surface area (Å²) in [7, 11) is 1.77. The number of hydrogen-bond acceptors (Lipinski definition) is 5. The van der Waals surface area contributed by atoms with Gasteiger partial charge in [0.25, 0.3) is 0 Å². The summed E-state index contributed by atoms with van der Waals surface area (Å²) < 4.78 is 7.21. The first kappa shape index (κ1) is 22.2. The smallest absolute Gasteiger partial charge is 0.223 e. The van der Waals surface area contributed by atoms with Gasteiger partial charge in [0.05, 0.1) is 18.3 Å². The molecule has 3 aromatic rings. The summed E-state index contributed by atoms with van der Waals surface area (Å²) in [6.07, 6.45) is 4.40. The molecule has 0 spiro atoms. The number of carbonyl (C=O) groups excluding carboxylic acids is 2. The highest BCUT2D eigenvalue weighted by atomic mass is 16.5. The van der Waals surface area contributed by atoms with E-state index in [0.717, 1.165) is 23.4 Å². The Morgan fingerprint density at radius 2 is 1.77 bits per heavy atom. The molecule has 0 saturated carbocycles. The Bertz CT molecular complexity index is 983. The number of aromatic nitrogens is 3. The fraction of sp³-hybridized carbons (Fsp3) is 0.333. The first-order chi connectivity index (χ1) is 15.0. The molecular weight excluding hydrogens is 392 g/mol. The lowest BCUT2D eigenvalue weighted by Crippen LogP contribution is -2.29. The Labute approximate surface area is 182 Å². The quantitative estimate of drug-likeness (QED) is 0.459. The summed E-state index contributed by atoms with van der Waals surface area (Å²) >= 11 is 0. The van der Waals surface area contributed by atoms with Gasteiger partial charge in [-0.15, -0.1) is 0 Å². The third kappa shape index (κ3) is 5.78. The molecule has 1 atom stereocenters. The van der Waals surface area contributed by atoms with Gasteiger partial charge in [0.2, 0.25) is 5.91 Å². The molecule has 0 unspecified atom stereocenters. The molecule has 0 saturated heterocycles. The van der Waals surface area contributed by atoms with Crippen molar-refractivity contribution in [1.29, 1.82) is 0 Å². The Morgan fingerprint density at radius 1 is 1.06 bits per heavy atom. The van der Waals surface area contributed by atoms with E-state index in [9.17, 15) is 9.59 Å². The molecule has 0 fully saturated rings. The van der Waals surface area contributed by atoms with Crippen LogP contribution >= 0.6 is 0 Å². The fourth-order valence-corrected chi connectivity index (χ4v) is 3.18. The van der Waals surface area contributed by atoms with Crippen LogP contribution in [-0.2, 0) is 4.79 Å². The van der Waals surface area contributed by atoms with E-state index < -0.39 is 0 Å². The lowest BCUT2D eigenvalue weighted by molar-refractivity contribution is -0.131. The van der Waals surface area contributed by atoms with E-state index in [2.05, 4.69) is 10.1 Å². The second kappa shape index (κ2) is 10.5. The first-order valence-corrected chi connectivity index (χ1v) is 10.5. The summed E-state index contributed by atoms with van der Waals surface area (Å²) in [5.74, 6) is 0.635. The maximum atomic E-state index is 12.7. The zero-order valence-electron chi connectivity index (χ0n) is 18.2. The number of Topliss-reactive ketones (excluding diaryl/α,β-unsaturated/α-hetero) is 1. The molecule has 1 amide bonds. The molecule has 7 nitrogen and oxygen atoms in total. The van der Waals surface area contributed by atoms with Crippen LogP contribution in [0.15, 0.2) is 61.2 Å². The van der Waals surface area contributed by atoms with E-state index in [1.54, 1.807) is 47.2 Å². The summed E-state index contributed by atoms with van der Waals surface area (Å²) in [6.45, 7) is 4.66. The zero-order valence-corrected chi connectivity index (χ0v) is 18.2. The molecular formula is C24H28N4O3. The number of ether oxygens (including phenoxy) is 1. The predicted molar refractivity (Wildman–Crippen MR) is 118 cm³/mol. The molecule has 1 heterocycles. The highest BCUT2D eigenvalue weighted by Gasteiger charge is 2.19. The van der Waals surface area contributed by atoms with Crippen molar-refractivity contribution >= 4 is 11.7 Å². The molecule has 0 aliphatic heterocycles. The highest BCUT2D eigenvalue weighted by molar-refractivity contribution is 5.98. The van der Waals surface area contributed by atoms with Gasteiger partial charge in [-0.25, -0.2) is 9.67 Å². The van der Waals surface area contributed by atoms with Crippen molar-refractivity contribution < 1.29 is 14.3 Å². The van der Waals surface area contributed by atoms with Gasteiger partial charge in [-0.3, -0.25) is 9.59 Å². The Kier molecular flexibility index (Phi) is 7.54. The predicted octanol–water partition coefficient (Wildman–Crippen LogP) is 4.24. The van der Waals surface area contributed by atoms with Gasteiger partial charge in [0, 0.05) is 25.5 Å². The van der Waals surface area contributed by atoms with Crippen LogP contribution in [-0.4, -0.2) is 45.0 Å². The Balaban J connectivity index is 1.53. The zero-order chi connectivity index (χ0) is 22.2. The fourth-order valence-electron chi connectivity index (χ4n) is 3.18. The van der Waals surface area contributed by atoms with Crippen LogP contribution in [0.2, 0.25) is 0 Å². The summed E-state index contributed by atoms with van der Waals surface area (Å²) in [4.78, 5) is 30.7. The van der Waals surface area contributed by atoms with E-state index in [1.807, 2.05) is 38.1 Å². The lowest BCUT2D eigenvalue weighted by Gasteiger charge is -2.25. The summed E-state index contributed by atoms with van der Waals surface area (Å²) in [5.41, 5.74) is 2.50. The summed E-state index contributed by atoms with van der Waals surface area (Å²) in [5, 5.41) is 4.11. The Hall–Kier alpha value is -3.48. The van der Waals surface area contributed by atoms with Crippen molar-refractivity contribution in [3.63, 3.8) is 0 Å². The van der Waals surface area contributed by atoms with Crippen LogP contribution in [0, 0.1) is 0 Å². The largest absolute Gasteiger partial charge is 0.494 e. The second-order valence-corrected chi connectivity index (χ2v) is 7.41. The minimum atomic E-state index is -0.109. The normalized spacial score (nSPS) is 11.7. The van der Waals surface area contributed by atoms with Crippen LogP contribution in [0.4, 0.5) is 0 Å². The van der Waals surface area contributed by atoms with E-state index in [-0.39, 0.29) is 30.6 Å². The number of rotatable bonds is 10. The maximum absolute atomic E-state index is 12.7. The topological polar surface area (TPSA) is 77.3 Å². The van der Waals surface area contributed by atoms with Crippen molar-refractivity contribution in [2.45, 2.75) is 39.2 Å². The van der Waals surface area contributed by atoms with Crippen LogP contribution < -0.4 is 4.74 Å². The van der Waals surface area contributed by atoms with Gasteiger partial charge in [0.15, 0.2) is 5.78 Å². The first-order valence-electron chi connectivity index (χ1n) is 10.5. The minimum absolute atomic E-state index is 0.0476. The van der Waals surface area contributed by atoms with Crippen molar-refractivity contribution in [3.8, 4) is 11.4 Å². The minimum Gasteiger partial charge on any atom is -0.494 e. The molecule has 0 radical (unpaired) electrons. The number of benzene rings is 2. The molecule has 1 aromatic heterocycles.